The Hall–Kier alpha value is -1.35. The first-order chi connectivity index (χ1) is 7.07. The van der Waals surface area contributed by atoms with Crippen molar-refractivity contribution in [2.75, 3.05) is 0 Å². The Kier molecular flexibility index (Phi) is 3.86. The quantitative estimate of drug-likeness (QED) is 0.749. The van der Waals surface area contributed by atoms with Gasteiger partial charge in [0.05, 0.1) is 0 Å². The zero-order valence-electron chi connectivity index (χ0n) is 8.83. The minimum absolute atomic E-state index is 0.327. The second kappa shape index (κ2) is 4.94. The zero-order valence-corrected chi connectivity index (χ0v) is 8.83. The number of halogens is 1. The van der Waals surface area contributed by atoms with E-state index in [1.54, 1.807) is 12.1 Å². The lowest BCUT2D eigenvalue weighted by Crippen LogP contribution is -2.12. The predicted octanol–water partition coefficient (Wildman–Crippen LogP) is 2.81. The van der Waals surface area contributed by atoms with E-state index in [4.69, 9.17) is 5.73 Å². The highest BCUT2D eigenvalue weighted by Crippen LogP contribution is 2.31. The molecular formula is C12H16FNO. The van der Waals surface area contributed by atoms with Gasteiger partial charge in [-0.1, -0.05) is 12.1 Å². The van der Waals surface area contributed by atoms with Gasteiger partial charge in [0.2, 0.25) is 0 Å². The summed E-state index contributed by atoms with van der Waals surface area (Å²) in [7, 11) is 0. The molecule has 0 bridgehead atoms. The summed E-state index contributed by atoms with van der Waals surface area (Å²) in [5, 5.41) is 9.57. The minimum Gasteiger partial charge on any atom is -0.505 e. The van der Waals surface area contributed by atoms with Crippen molar-refractivity contribution in [1.82, 2.24) is 0 Å². The van der Waals surface area contributed by atoms with Gasteiger partial charge < -0.3 is 10.8 Å². The van der Waals surface area contributed by atoms with E-state index in [1.807, 2.05) is 6.92 Å². The van der Waals surface area contributed by atoms with Gasteiger partial charge in [-0.05, 0) is 31.4 Å². The van der Waals surface area contributed by atoms with Crippen molar-refractivity contribution >= 4 is 0 Å². The Morgan fingerprint density at radius 3 is 2.87 bits per heavy atom. The maximum absolute atomic E-state index is 13.1. The number of hydrogen-bond donors (Lipinski definition) is 2. The number of aromatic hydroxyl groups is 1. The van der Waals surface area contributed by atoms with Gasteiger partial charge in [-0.2, -0.15) is 0 Å². The smallest absolute Gasteiger partial charge is 0.165 e. The molecule has 82 valence electrons. The fourth-order valence-corrected chi connectivity index (χ4v) is 1.59. The number of phenolic OH excluding ortho intramolecular Hbond substituents is 1. The van der Waals surface area contributed by atoms with Gasteiger partial charge in [0.25, 0.3) is 0 Å². The van der Waals surface area contributed by atoms with Crippen LogP contribution in [0.2, 0.25) is 0 Å². The van der Waals surface area contributed by atoms with Gasteiger partial charge in [-0.15, -0.1) is 6.58 Å². The number of benzene rings is 1. The van der Waals surface area contributed by atoms with E-state index in [1.165, 1.54) is 6.07 Å². The highest BCUT2D eigenvalue weighted by atomic mass is 19.1. The monoisotopic (exact) mass is 209 g/mol. The molecule has 1 rings (SSSR count). The van der Waals surface area contributed by atoms with E-state index in [0.29, 0.717) is 12.0 Å². The number of aryl methyl sites for hydroxylation is 1. The van der Waals surface area contributed by atoms with Crippen molar-refractivity contribution in [3.05, 3.63) is 41.7 Å². The van der Waals surface area contributed by atoms with Crippen molar-refractivity contribution in [1.29, 1.82) is 0 Å². The number of hydrogen-bond acceptors (Lipinski definition) is 2. The third-order valence-electron chi connectivity index (χ3n) is 2.44. The first-order valence-corrected chi connectivity index (χ1v) is 4.92. The Balaban J connectivity index is 3.01. The van der Waals surface area contributed by atoms with Crippen molar-refractivity contribution in [3.63, 3.8) is 0 Å². The molecule has 15 heavy (non-hydrogen) atoms. The van der Waals surface area contributed by atoms with Crippen LogP contribution >= 0.6 is 0 Å². The summed E-state index contributed by atoms with van der Waals surface area (Å²) >= 11 is 0. The number of allylic oxidation sites excluding steroid dienone is 1. The van der Waals surface area contributed by atoms with Gasteiger partial charge in [-0.25, -0.2) is 4.39 Å². The topological polar surface area (TPSA) is 46.2 Å². The van der Waals surface area contributed by atoms with Crippen molar-refractivity contribution in [2.45, 2.75) is 25.8 Å². The first kappa shape index (κ1) is 11.7. The molecule has 0 radical (unpaired) electrons. The fourth-order valence-electron chi connectivity index (χ4n) is 1.59. The summed E-state index contributed by atoms with van der Waals surface area (Å²) in [5.41, 5.74) is 7.18. The Morgan fingerprint density at radius 1 is 1.60 bits per heavy atom. The first-order valence-electron chi connectivity index (χ1n) is 4.92. The molecule has 0 aliphatic rings. The van der Waals surface area contributed by atoms with E-state index in [0.717, 1.165) is 12.0 Å². The molecule has 3 N–H and O–H groups in total. The summed E-state index contributed by atoms with van der Waals surface area (Å²) in [6.45, 7) is 5.40. The predicted molar refractivity (Wildman–Crippen MR) is 59.2 cm³/mol. The zero-order chi connectivity index (χ0) is 11.4. The Labute approximate surface area is 89.2 Å². The van der Waals surface area contributed by atoms with Gasteiger partial charge in [0, 0.05) is 11.6 Å². The summed E-state index contributed by atoms with van der Waals surface area (Å²) in [5.74, 6) is -0.948. The summed E-state index contributed by atoms with van der Waals surface area (Å²) in [4.78, 5) is 0. The second-order valence-electron chi connectivity index (χ2n) is 3.60. The molecule has 3 heteroatoms. The molecule has 0 aromatic heterocycles. The van der Waals surface area contributed by atoms with Crippen LogP contribution in [0, 0.1) is 12.7 Å². The van der Waals surface area contributed by atoms with Crippen molar-refractivity contribution in [3.8, 4) is 5.75 Å². The van der Waals surface area contributed by atoms with Crippen LogP contribution in [-0.4, -0.2) is 5.11 Å². The van der Waals surface area contributed by atoms with Gasteiger partial charge in [-0.3, -0.25) is 0 Å². The molecule has 0 heterocycles. The van der Waals surface area contributed by atoms with E-state index in [-0.39, 0.29) is 11.8 Å². The van der Waals surface area contributed by atoms with Gasteiger partial charge in [0.15, 0.2) is 11.6 Å². The largest absolute Gasteiger partial charge is 0.505 e. The lowest BCUT2D eigenvalue weighted by Gasteiger charge is -2.15. The lowest BCUT2D eigenvalue weighted by atomic mass is 9.97. The number of rotatable bonds is 4. The molecule has 0 aliphatic heterocycles. The third-order valence-corrected chi connectivity index (χ3v) is 2.44. The van der Waals surface area contributed by atoms with Crippen LogP contribution in [0.25, 0.3) is 0 Å². The summed E-state index contributed by atoms with van der Waals surface area (Å²) < 4.78 is 13.1. The van der Waals surface area contributed by atoms with Crippen LogP contribution in [0.3, 0.4) is 0 Å². The summed E-state index contributed by atoms with van der Waals surface area (Å²) in [6, 6.07) is 2.52. The molecule has 0 saturated carbocycles. The van der Waals surface area contributed by atoms with Crippen LogP contribution in [-0.2, 0) is 0 Å². The van der Waals surface area contributed by atoms with Gasteiger partial charge in [0.1, 0.15) is 0 Å². The summed E-state index contributed by atoms with van der Waals surface area (Å²) in [6.07, 6.45) is 3.16. The van der Waals surface area contributed by atoms with Crippen LogP contribution in [0.1, 0.15) is 30.0 Å². The average molecular weight is 209 g/mol. The van der Waals surface area contributed by atoms with E-state index < -0.39 is 5.82 Å². The van der Waals surface area contributed by atoms with E-state index >= 15 is 0 Å². The maximum Gasteiger partial charge on any atom is 0.165 e. The average Bonchev–Trinajstić information content (AvgIpc) is 2.21. The highest BCUT2D eigenvalue weighted by molar-refractivity contribution is 5.41. The molecule has 0 fully saturated rings. The standard InChI is InChI=1S/C12H16FNO/c1-3-4-5-10(14)11-8(2)6-7-9(13)12(11)15/h3,6-7,10,15H,1,4-5,14H2,2H3/t10-/m0/s1. The maximum atomic E-state index is 13.1. The SMILES string of the molecule is C=CCC[C@H](N)c1c(C)ccc(F)c1O. The molecule has 2 nitrogen and oxygen atoms in total. The number of nitrogens with two attached hydrogens (primary N) is 1. The molecule has 0 spiro atoms. The minimum atomic E-state index is -0.621. The molecular weight excluding hydrogens is 193 g/mol. The van der Waals surface area contributed by atoms with Crippen LogP contribution in [0.4, 0.5) is 4.39 Å². The highest BCUT2D eigenvalue weighted by Gasteiger charge is 2.16. The fraction of sp³-hybridized carbons (Fsp3) is 0.333. The molecule has 1 atom stereocenters. The Morgan fingerprint density at radius 2 is 2.27 bits per heavy atom. The normalized spacial score (nSPS) is 12.5. The van der Waals surface area contributed by atoms with E-state index in [9.17, 15) is 9.50 Å². The molecule has 0 aliphatic carbocycles. The lowest BCUT2D eigenvalue weighted by molar-refractivity contribution is 0.418. The molecule has 1 aromatic carbocycles. The van der Waals surface area contributed by atoms with Crippen molar-refractivity contribution in [2.24, 2.45) is 5.73 Å². The molecule has 0 amide bonds. The molecule has 0 unspecified atom stereocenters. The van der Waals surface area contributed by atoms with Gasteiger partial charge >= 0.3 is 0 Å². The molecule has 0 saturated heterocycles. The number of phenols is 1. The van der Waals surface area contributed by atoms with Crippen LogP contribution in [0.5, 0.6) is 5.75 Å². The van der Waals surface area contributed by atoms with Crippen molar-refractivity contribution < 1.29 is 9.50 Å². The van der Waals surface area contributed by atoms with E-state index in [2.05, 4.69) is 6.58 Å². The van der Waals surface area contributed by atoms with Crippen LogP contribution in [0.15, 0.2) is 24.8 Å². The van der Waals surface area contributed by atoms with Crippen LogP contribution < -0.4 is 5.73 Å². The molecule has 1 aromatic rings. The third kappa shape index (κ3) is 2.57. The second-order valence-corrected chi connectivity index (χ2v) is 3.60. The Bertz CT molecular complexity index is 363.